The Balaban J connectivity index is 1.64. The Morgan fingerprint density at radius 1 is 1.26 bits per heavy atom. The minimum atomic E-state index is -1.04. The fourth-order valence-corrected chi connectivity index (χ4v) is 4.57. The Hall–Kier alpha value is -2.97. The van der Waals surface area contributed by atoms with Crippen molar-refractivity contribution >= 4 is 46.0 Å². The number of rotatable bonds is 4. The lowest BCUT2D eigenvalue weighted by molar-refractivity contribution is -0.114. The van der Waals surface area contributed by atoms with E-state index in [0.29, 0.717) is 27.0 Å². The van der Waals surface area contributed by atoms with Crippen LogP contribution >= 0.6 is 23.1 Å². The Bertz CT molecular complexity index is 1080. The molecule has 0 aliphatic carbocycles. The van der Waals surface area contributed by atoms with Gasteiger partial charge in [0.05, 0.1) is 15.5 Å². The summed E-state index contributed by atoms with van der Waals surface area (Å²) >= 11 is 2.44. The summed E-state index contributed by atoms with van der Waals surface area (Å²) in [5, 5.41) is 20.0. The third kappa shape index (κ3) is 3.24. The molecule has 2 N–H and O–H groups in total. The summed E-state index contributed by atoms with van der Waals surface area (Å²) in [5.74, 6) is -1.04. The molecule has 1 saturated heterocycles. The molecule has 8 heteroatoms. The number of benzene rings is 1. The molecule has 27 heavy (non-hydrogen) atoms. The average Bonchev–Trinajstić information content (AvgIpc) is 3.37. The van der Waals surface area contributed by atoms with E-state index in [9.17, 15) is 14.7 Å². The zero-order chi connectivity index (χ0) is 19.0. The van der Waals surface area contributed by atoms with Gasteiger partial charge < -0.3 is 9.52 Å². The van der Waals surface area contributed by atoms with Gasteiger partial charge in [-0.05, 0) is 24.3 Å². The predicted octanol–water partition coefficient (Wildman–Crippen LogP) is 4.52. The molecule has 134 valence electrons. The molecule has 0 saturated carbocycles. The second-order valence-corrected chi connectivity index (χ2v) is 7.71. The van der Waals surface area contributed by atoms with Crippen LogP contribution < -0.4 is 0 Å². The molecule has 0 spiro atoms. The van der Waals surface area contributed by atoms with Crippen molar-refractivity contribution in [1.82, 2.24) is 4.98 Å². The number of nitrogens with zero attached hydrogens (tertiary/aromatic N) is 1. The molecule has 3 heterocycles. The third-order valence-corrected chi connectivity index (χ3v) is 5.84. The number of hydrogen-bond donors (Lipinski definition) is 2. The smallest absolute Gasteiger partial charge is 0.336 e. The van der Waals surface area contributed by atoms with E-state index in [1.54, 1.807) is 48.0 Å². The van der Waals surface area contributed by atoms with Crippen LogP contribution in [-0.2, 0) is 4.79 Å². The highest BCUT2D eigenvalue weighted by molar-refractivity contribution is 8.19. The van der Waals surface area contributed by atoms with Gasteiger partial charge in [0.25, 0.3) is 0 Å². The van der Waals surface area contributed by atoms with E-state index in [-0.39, 0.29) is 16.4 Å². The van der Waals surface area contributed by atoms with E-state index in [0.717, 1.165) is 11.8 Å². The molecule has 0 radical (unpaired) electrons. The van der Waals surface area contributed by atoms with Crippen molar-refractivity contribution in [3.05, 3.63) is 69.2 Å². The summed E-state index contributed by atoms with van der Waals surface area (Å²) in [6.45, 7) is 0. The molecule has 3 aromatic rings. The zero-order valence-corrected chi connectivity index (χ0v) is 15.3. The second kappa shape index (κ2) is 6.98. The summed E-state index contributed by atoms with van der Waals surface area (Å²) < 4.78 is 5.74. The average molecular weight is 396 g/mol. The molecule has 1 atom stereocenters. The van der Waals surface area contributed by atoms with Gasteiger partial charge in [-0.3, -0.25) is 10.2 Å². The van der Waals surface area contributed by atoms with Gasteiger partial charge in [-0.1, -0.05) is 30.0 Å². The molecular formula is C19H12N2O4S2. The highest BCUT2D eigenvalue weighted by Gasteiger charge is 2.38. The largest absolute Gasteiger partial charge is 0.478 e. The van der Waals surface area contributed by atoms with Crippen molar-refractivity contribution in [1.29, 1.82) is 5.41 Å². The maximum absolute atomic E-state index is 12.7. The molecule has 2 aromatic heterocycles. The van der Waals surface area contributed by atoms with E-state index in [1.807, 2.05) is 0 Å². The number of furan rings is 1. The van der Waals surface area contributed by atoms with Crippen molar-refractivity contribution < 1.29 is 19.1 Å². The Morgan fingerprint density at radius 2 is 2.07 bits per heavy atom. The molecular weight excluding hydrogens is 384 g/mol. The Morgan fingerprint density at radius 3 is 2.81 bits per heavy atom. The predicted molar refractivity (Wildman–Crippen MR) is 104 cm³/mol. The van der Waals surface area contributed by atoms with Gasteiger partial charge in [0, 0.05) is 17.1 Å². The van der Waals surface area contributed by atoms with Crippen molar-refractivity contribution in [2.75, 3.05) is 0 Å². The lowest BCUT2D eigenvalue weighted by Gasteiger charge is -2.02. The first kappa shape index (κ1) is 17.4. The van der Waals surface area contributed by atoms with Crippen LogP contribution in [0.25, 0.3) is 17.4 Å². The SMILES string of the molecule is N=C1SC(=Cc2ccc(-c3ccccc3C(=O)O)o2)C(=O)C1c1nccs1. The number of Topliss-reactive ketones (excluding diaryl/α,β-unsaturated/α-hetero) is 1. The topological polar surface area (TPSA) is 104 Å². The maximum Gasteiger partial charge on any atom is 0.336 e. The number of carboxylic acids is 1. The second-order valence-electron chi connectivity index (χ2n) is 5.70. The van der Waals surface area contributed by atoms with Crippen molar-refractivity contribution in [2.24, 2.45) is 0 Å². The standard InChI is InChI=1S/C19H12N2O4S2/c20-17-15(18-21-7-8-26-18)16(22)14(27-17)9-10-5-6-13(25-10)11-3-1-2-4-12(11)19(23)24/h1-9,15,20H,(H,23,24). The molecule has 4 rings (SSSR count). The first-order valence-electron chi connectivity index (χ1n) is 7.88. The Labute approximate surface area is 162 Å². The lowest BCUT2D eigenvalue weighted by Crippen LogP contribution is -2.11. The van der Waals surface area contributed by atoms with Crippen LogP contribution in [0.1, 0.15) is 27.0 Å². The van der Waals surface area contributed by atoms with Crippen LogP contribution in [-0.4, -0.2) is 26.9 Å². The first-order valence-corrected chi connectivity index (χ1v) is 9.58. The summed E-state index contributed by atoms with van der Waals surface area (Å²) in [7, 11) is 0. The highest BCUT2D eigenvalue weighted by atomic mass is 32.2. The minimum Gasteiger partial charge on any atom is -0.478 e. The number of ketones is 1. The van der Waals surface area contributed by atoms with Crippen LogP contribution in [0, 0.1) is 5.41 Å². The van der Waals surface area contributed by atoms with Gasteiger partial charge >= 0.3 is 5.97 Å². The van der Waals surface area contributed by atoms with Gasteiger partial charge in [-0.25, -0.2) is 9.78 Å². The number of allylic oxidation sites excluding steroid dienone is 1. The number of carbonyl (C=O) groups is 2. The normalized spacial score (nSPS) is 18.4. The van der Waals surface area contributed by atoms with E-state index in [2.05, 4.69) is 4.98 Å². The fourth-order valence-electron chi connectivity index (χ4n) is 2.78. The number of nitrogens with one attached hydrogen (secondary N) is 1. The lowest BCUT2D eigenvalue weighted by atomic mass is 10.1. The molecule has 6 nitrogen and oxygen atoms in total. The molecule has 1 fully saturated rings. The van der Waals surface area contributed by atoms with E-state index < -0.39 is 11.9 Å². The van der Waals surface area contributed by atoms with Crippen molar-refractivity contribution in [3.63, 3.8) is 0 Å². The maximum atomic E-state index is 12.7. The number of thiazole rings is 1. The van der Waals surface area contributed by atoms with Gasteiger partial charge in [0.2, 0.25) is 0 Å². The molecule has 1 unspecified atom stereocenters. The molecule has 1 aliphatic rings. The van der Waals surface area contributed by atoms with E-state index in [1.165, 1.54) is 17.4 Å². The van der Waals surface area contributed by atoms with Crippen LogP contribution in [0.3, 0.4) is 0 Å². The van der Waals surface area contributed by atoms with Crippen molar-refractivity contribution in [2.45, 2.75) is 5.92 Å². The number of aromatic carboxylic acids is 1. The van der Waals surface area contributed by atoms with Crippen LogP contribution in [0.5, 0.6) is 0 Å². The number of carboxylic acid groups (broad SMARTS) is 1. The van der Waals surface area contributed by atoms with Gasteiger partial charge in [-0.15, -0.1) is 11.3 Å². The number of aromatic nitrogens is 1. The fraction of sp³-hybridized carbons (Fsp3) is 0.0526. The van der Waals surface area contributed by atoms with Gasteiger partial charge in [0.1, 0.15) is 22.4 Å². The minimum absolute atomic E-state index is 0.142. The highest BCUT2D eigenvalue weighted by Crippen LogP contribution is 2.41. The van der Waals surface area contributed by atoms with Crippen LogP contribution in [0.4, 0.5) is 0 Å². The van der Waals surface area contributed by atoms with Crippen molar-refractivity contribution in [3.8, 4) is 11.3 Å². The van der Waals surface area contributed by atoms with Gasteiger partial charge in [0.15, 0.2) is 5.78 Å². The number of carbonyl (C=O) groups excluding carboxylic acids is 1. The zero-order valence-electron chi connectivity index (χ0n) is 13.7. The third-order valence-electron chi connectivity index (χ3n) is 4.01. The number of thioether (sulfide) groups is 1. The summed E-state index contributed by atoms with van der Waals surface area (Å²) in [5.41, 5.74) is 0.608. The monoisotopic (exact) mass is 396 g/mol. The van der Waals surface area contributed by atoms with E-state index >= 15 is 0 Å². The molecule has 0 amide bonds. The molecule has 1 aromatic carbocycles. The summed E-state index contributed by atoms with van der Waals surface area (Å²) in [6, 6.07) is 9.91. The molecule has 0 bridgehead atoms. The van der Waals surface area contributed by atoms with Crippen LogP contribution in [0.15, 0.2) is 57.3 Å². The number of hydrogen-bond acceptors (Lipinski definition) is 7. The first-order chi connectivity index (χ1) is 13.0. The summed E-state index contributed by atoms with van der Waals surface area (Å²) in [4.78, 5) is 28.6. The molecule has 1 aliphatic heterocycles. The summed E-state index contributed by atoms with van der Waals surface area (Å²) in [6.07, 6.45) is 3.20. The Kier molecular flexibility index (Phi) is 4.51. The van der Waals surface area contributed by atoms with Gasteiger partial charge in [-0.2, -0.15) is 0 Å². The quantitative estimate of drug-likeness (QED) is 0.628. The van der Waals surface area contributed by atoms with E-state index in [4.69, 9.17) is 9.83 Å². The van der Waals surface area contributed by atoms with Crippen LogP contribution in [0.2, 0.25) is 0 Å².